The summed E-state index contributed by atoms with van der Waals surface area (Å²) in [4.78, 5) is 143. The smallest absolute Gasteiger partial charge is 0.287 e. The molecular weight excluding hydrogens is 1970 g/mol. The van der Waals surface area contributed by atoms with Gasteiger partial charge in [0.15, 0.2) is 31.6 Å². The van der Waals surface area contributed by atoms with Crippen molar-refractivity contribution in [2.24, 2.45) is 89.8 Å². The van der Waals surface area contributed by atoms with Gasteiger partial charge in [0.2, 0.25) is 0 Å². The Bertz CT molecular complexity index is 7000. The molecule has 0 aliphatic heterocycles. The lowest BCUT2D eigenvalue weighted by Crippen LogP contribution is -2.63. The van der Waals surface area contributed by atoms with Gasteiger partial charge < -0.3 is 0 Å². The Labute approximate surface area is 795 Å². The van der Waals surface area contributed by atoms with Crippen LogP contribution in [-0.4, -0.2) is 58.8 Å². The Morgan fingerprint density at radius 2 is 0.547 bits per heavy atom. The first kappa shape index (κ1) is 106. The zero-order chi connectivity index (χ0) is 103. The summed E-state index contributed by atoms with van der Waals surface area (Å²) in [7, 11) is 0.340. The van der Waals surface area contributed by atoms with Crippen LogP contribution in [0.2, 0.25) is 0 Å². The summed E-state index contributed by atoms with van der Waals surface area (Å²) in [5.74, 6) is -17.3. The molecule has 0 fully saturated rings. The molecule has 9 heterocycles. The number of benzene rings is 3. The number of hydrogen-bond acceptors (Lipinski definition) is 19. The van der Waals surface area contributed by atoms with Crippen LogP contribution in [0.3, 0.4) is 0 Å². The number of carbonyl (C=O) groups is 3. The average molecular weight is 2060 g/mol. The highest BCUT2D eigenvalue weighted by Gasteiger charge is 2.69. The minimum absolute atomic E-state index is 0.0241. The molecule has 12 aromatic rings. The first-order chi connectivity index (χ1) is 62.5. The standard InChI is InChI=1S/C90H96F15N12O13PS6/c1-40-46(58-67(121)109(22)76(124)112(25)70(58)135-40)34-55(118)106-73-115(52(37-132-73)43-28-31-49(91)61(64(43)94)85(97,98)99)88(79(4,5)6,80(7,8)9)128-131(127,129-89(81(10,11)12,82(13,14)15)116-53(44-29-32-50(92)62(65(44)95)86(100,101)102)38-133-74(116)107-56(119)35-47-41(2)136-71-59(47)68(122)110(23)77(125)113(71)26)130-90(83(16,17)18,84(19,20)21)117-54(45-30-33-51(93)63(66(45)96)87(103,104)105)39-134-75(117)108-57(120)36-48-42(3)137-72-60(48)69(123)111(24)78(126)114(72)27/h28-33,37-39H,34-36H2,1-27H3. The van der Waals surface area contributed by atoms with Crippen molar-refractivity contribution in [3.8, 4) is 33.8 Å². The maximum absolute atomic E-state index is 20.1. The molecule has 0 aliphatic rings. The fraction of sp³-hybridized carbons (Fsp3) is 0.467. The zero-order valence-corrected chi connectivity index (χ0v) is 84.9. The Morgan fingerprint density at radius 1 is 0.343 bits per heavy atom. The lowest BCUT2D eigenvalue weighted by molar-refractivity contribution is -0.261. The third-order valence-electron chi connectivity index (χ3n) is 24.3. The van der Waals surface area contributed by atoms with E-state index < -0.39 is 247 Å². The number of alkyl halides is 9. The molecule has 0 bridgehead atoms. The fourth-order valence-corrected chi connectivity index (χ4v) is 28.0. The third-order valence-corrected chi connectivity index (χ3v) is 31.9. The van der Waals surface area contributed by atoms with Crippen molar-refractivity contribution in [2.75, 3.05) is 0 Å². The quantitative estimate of drug-likeness (QED) is 0.0571. The van der Waals surface area contributed by atoms with Crippen LogP contribution < -0.4 is 48.2 Å². The normalized spacial score (nSPS) is 14.4. The predicted molar refractivity (Wildman–Crippen MR) is 493 cm³/mol. The first-order valence-electron chi connectivity index (χ1n) is 41.7. The molecule has 9 aromatic heterocycles. The van der Waals surface area contributed by atoms with Crippen LogP contribution in [0.25, 0.3) is 64.4 Å². The highest BCUT2D eigenvalue weighted by atomic mass is 32.1. The Balaban J connectivity index is 1.32. The van der Waals surface area contributed by atoms with Crippen LogP contribution in [-0.2, 0) is 130 Å². The summed E-state index contributed by atoms with van der Waals surface area (Å²) in [5.41, 5.74) is -41.6. The number of aryl methyl sites for hydroxylation is 6. The molecule has 0 radical (unpaired) electrons. The molecule has 0 aliphatic carbocycles. The minimum Gasteiger partial charge on any atom is -0.287 e. The number of thiazole rings is 3. The second-order valence-corrected chi connectivity index (χ2v) is 46.9. The Hall–Kier alpha value is -10.1. The van der Waals surface area contributed by atoms with Crippen molar-refractivity contribution in [3.05, 3.63) is 212 Å². The van der Waals surface area contributed by atoms with Gasteiger partial charge in [-0.05, 0) is 73.9 Å². The van der Waals surface area contributed by atoms with Gasteiger partial charge in [-0.15, -0.1) is 68.0 Å². The molecular formula is C90H96F15N12O13PS6. The van der Waals surface area contributed by atoms with Crippen molar-refractivity contribution >= 4 is 124 Å². The van der Waals surface area contributed by atoms with Gasteiger partial charge in [0, 0.05) is 122 Å². The van der Waals surface area contributed by atoms with Gasteiger partial charge in [0.1, 0.15) is 66.1 Å². The van der Waals surface area contributed by atoms with Gasteiger partial charge in [-0.3, -0.25) is 83.4 Å². The summed E-state index contributed by atoms with van der Waals surface area (Å²) < 4.78 is 296. The predicted octanol–water partition coefficient (Wildman–Crippen LogP) is 19.7. The molecule has 3 aromatic carbocycles. The van der Waals surface area contributed by atoms with E-state index in [1.807, 2.05) is 0 Å². The van der Waals surface area contributed by atoms with E-state index in [0.29, 0.717) is 52.2 Å². The second kappa shape index (κ2) is 35.3. The lowest BCUT2D eigenvalue weighted by atomic mass is 9.68. The molecule has 0 saturated heterocycles. The molecule has 12 rings (SSSR count). The van der Waals surface area contributed by atoms with Crippen LogP contribution in [0.5, 0.6) is 0 Å². The third kappa shape index (κ3) is 17.6. The number of hydrogen-bond donors (Lipinski definition) is 0. The van der Waals surface area contributed by atoms with Crippen LogP contribution in [0.15, 0.2) is 96.3 Å². The van der Waals surface area contributed by atoms with Gasteiger partial charge in [-0.1, -0.05) is 125 Å². The second-order valence-electron chi connectivity index (χ2n) is 39.3. The summed E-state index contributed by atoms with van der Waals surface area (Å²) in [6, 6.07) is 2.35. The molecule has 137 heavy (non-hydrogen) atoms. The largest absolute Gasteiger partial charge is 0.481 e. The number of phosphoric ester groups is 1. The van der Waals surface area contributed by atoms with Crippen molar-refractivity contribution in [1.29, 1.82) is 0 Å². The number of phosphoric acid groups is 1. The molecule has 740 valence electrons. The highest BCUT2D eigenvalue weighted by Crippen LogP contribution is 2.73. The van der Waals surface area contributed by atoms with Crippen molar-refractivity contribution in [2.45, 2.75) is 200 Å². The van der Waals surface area contributed by atoms with E-state index in [4.69, 9.17) is 13.6 Å². The Kier molecular flexibility index (Phi) is 27.3. The SMILES string of the molecule is Cc1sc2c(c1CC(=O)N=c1scc(-c3ccc(F)c(C(F)(F)F)c3F)n1C(OP(=O)(OC(n1c(-c3ccc(F)c(C(F)(F)F)c3F)csc1=NC(=O)Cc1c(C)sc3c1c(=O)n(C)c(=O)n3C)(C(C)(C)C)C(C)(C)C)OC(n1c(-c3ccc(F)c(C(F)(F)F)c3F)csc1=NC(=O)Cc1c(C)sc3c1c(=O)n(C)c(=O)n3C)(C(C)(C)C)C(C)(C)C)(C(C)(C)C)C(C)(C)C)c(=O)n(C)c(=O)n2C. The molecule has 0 unspecified atom stereocenters. The van der Waals surface area contributed by atoms with Crippen molar-refractivity contribution < 1.29 is 98.4 Å². The van der Waals surface area contributed by atoms with E-state index in [1.165, 1.54) is 167 Å². The highest BCUT2D eigenvalue weighted by molar-refractivity contribution is 7.48. The zero-order valence-electron chi connectivity index (χ0n) is 79.1. The molecule has 0 saturated carbocycles. The number of fused-ring (bicyclic) bond motifs is 3. The lowest BCUT2D eigenvalue weighted by Gasteiger charge is -2.60. The van der Waals surface area contributed by atoms with Gasteiger partial charge >= 0.3 is 43.4 Å². The van der Waals surface area contributed by atoms with Gasteiger partial charge in [-0.25, -0.2) is 45.3 Å². The maximum Gasteiger partial charge on any atom is 0.481 e. The Morgan fingerprint density at radius 3 is 0.737 bits per heavy atom. The number of rotatable bonds is 18. The number of aromatic nitrogens is 9. The fourth-order valence-electron chi connectivity index (χ4n) is 18.8. The van der Waals surface area contributed by atoms with Gasteiger partial charge in [0.25, 0.3) is 34.4 Å². The molecule has 0 atom stereocenters. The van der Waals surface area contributed by atoms with E-state index in [-0.39, 0.29) is 80.2 Å². The van der Waals surface area contributed by atoms with E-state index in [2.05, 4.69) is 15.0 Å². The summed E-state index contributed by atoms with van der Waals surface area (Å²) in [6.45, 7) is 28.3. The van der Waals surface area contributed by atoms with E-state index >= 15 is 84.8 Å². The summed E-state index contributed by atoms with van der Waals surface area (Å²) >= 11 is 3.77. The van der Waals surface area contributed by atoms with E-state index in [0.717, 1.165) is 112 Å². The molecule has 0 N–H and O–H groups in total. The number of thiophene rings is 3. The van der Waals surface area contributed by atoms with Gasteiger partial charge in [-0.2, -0.15) is 54.5 Å². The molecule has 3 amide bonds. The number of amides is 3. The van der Waals surface area contributed by atoms with Crippen molar-refractivity contribution in [3.63, 3.8) is 0 Å². The van der Waals surface area contributed by atoms with Crippen LogP contribution in [0.4, 0.5) is 65.9 Å². The molecule has 25 nitrogen and oxygen atoms in total. The summed E-state index contributed by atoms with van der Waals surface area (Å²) in [6.07, 6.45) is -20.3. The van der Waals surface area contributed by atoms with Crippen LogP contribution >= 0.6 is 75.8 Å². The van der Waals surface area contributed by atoms with Crippen LogP contribution in [0, 0.1) is 88.2 Å². The molecule has 47 heteroatoms. The molecule has 0 spiro atoms. The summed E-state index contributed by atoms with van der Waals surface area (Å²) in [5, 5.41) is 2.32. The first-order valence-corrected chi connectivity index (χ1v) is 48.3. The maximum atomic E-state index is 20.1. The minimum atomic E-state index is -7.17. The van der Waals surface area contributed by atoms with E-state index in [1.54, 1.807) is 0 Å². The average Bonchev–Trinajstić information content (AvgIpc) is 1.23. The van der Waals surface area contributed by atoms with Gasteiger partial charge in [0.05, 0.1) is 52.5 Å². The number of nitrogens with zero attached hydrogens (tertiary/aromatic N) is 12. The number of halogens is 15. The van der Waals surface area contributed by atoms with E-state index in [9.17, 15) is 28.8 Å². The monoisotopic (exact) mass is 2060 g/mol. The van der Waals surface area contributed by atoms with Crippen molar-refractivity contribution in [1.82, 2.24) is 41.1 Å². The van der Waals surface area contributed by atoms with Crippen LogP contribution in [0.1, 0.15) is 173 Å². The number of carbonyl (C=O) groups excluding carboxylic acids is 3. The topological polar surface area (TPSA) is 280 Å².